The molecule has 2 heterocycles. The molecule has 1 spiro atoms. The van der Waals surface area contributed by atoms with Gasteiger partial charge in [-0.15, -0.1) is 0 Å². The number of likely N-dealkylation sites (tertiary alicyclic amines) is 1. The number of fused-ring (bicyclic) bond motifs is 1. The lowest BCUT2D eigenvalue weighted by Crippen LogP contribution is -2.30. The standard InChI is InChI=1S/C27H30F4N4O/c1-15-10-22-20(11-23(15)36-13-18-12-26(8-9-26)14-35(18)4)25(34-17(3)33-22)32-16(2)19-6-5-7-21(24(19)28)27(29,30)31/h5-7,10-11,16,18H,8-9,12-14H2,1-4H3,(H,32,33,34)/t16-,18+/m1/s1. The van der Waals surface area contributed by atoms with E-state index in [-0.39, 0.29) is 5.56 Å². The number of hydrogen-bond acceptors (Lipinski definition) is 5. The van der Waals surface area contributed by atoms with E-state index in [4.69, 9.17) is 4.74 Å². The number of aryl methyl sites for hydroxylation is 2. The summed E-state index contributed by atoms with van der Waals surface area (Å²) in [7, 11) is 2.14. The summed E-state index contributed by atoms with van der Waals surface area (Å²) < 4.78 is 60.7. The lowest BCUT2D eigenvalue weighted by molar-refractivity contribution is -0.140. The third-order valence-corrected chi connectivity index (χ3v) is 7.52. The third kappa shape index (κ3) is 4.73. The number of ether oxygens (including phenoxy) is 1. The quantitative estimate of drug-likeness (QED) is 0.393. The minimum Gasteiger partial charge on any atom is -0.492 e. The molecule has 2 aromatic carbocycles. The third-order valence-electron chi connectivity index (χ3n) is 7.52. The van der Waals surface area contributed by atoms with Crippen molar-refractivity contribution in [3.05, 3.63) is 58.7 Å². The first-order valence-electron chi connectivity index (χ1n) is 12.2. The van der Waals surface area contributed by atoms with Gasteiger partial charge in [0.05, 0.1) is 17.1 Å². The molecule has 5 nitrogen and oxygen atoms in total. The fraction of sp³-hybridized carbons (Fsp3) is 0.481. The summed E-state index contributed by atoms with van der Waals surface area (Å²) in [6, 6.07) is 6.68. The average Bonchev–Trinajstić information content (AvgIpc) is 3.46. The van der Waals surface area contributed by atoms with E-state index in [0.717, 1.165) is 24.6 Å². The fourth-order valence-corrected chi connectivity index (χ4v) is 5.32. The highest BCUT2D eigenvalue weighted by molar-refractivity contribution is 5.91. The molecule has 0 bridgehead atoms. The molecule has 5 rings (SSSR count). The van der Waals surface area contributed by atoms with Gasteiger partial charge in [0.15, 0.2) is 0 Å². The van der Waals surface area contributed by atoms with Gasteiger partial charge in [0.2, 0.25) is 0 Å². The molecule has 9 heteroatoms. The van der Waals surface area contributed by atoms with Crippen molar-refractivity contribution in [2.24, 2.45) is 5.41 Å². The van der Waals surface area contributed by atoms with Crippen molar-refractivity contribution in [2.75, 3.05) is 25.5 Å². The van der Waals surface area contributed by atoms with Crippen LogP contribution in [0.1, 0.15) is 54.7 Å². The summed E-state index contributed by atoms with van der Waals surface area (Å²) in [5.41, 5.74) is 0.731. The van der Waals surface area contributed by atoms with Crippen LogP contribution in [-0.2, 0) is 6.18 Å². The summed E-state index contributed by atoms with van der Waals surface area (Å²) >= 11 is 0. The van der Waals surface area contributed by atoms with Crippen LogP contribution in [0.4, 0.5) is 23.4 Å². The highest BCUT2D eigenvalue weighted by Crippen LogP contribution is 2.54. The number of halogens is 4. The first-order valence-corrected chi connectivity index (χ1v) is 12.2. The zero-order valence-electron chi connectivity index (χ0n) is 20.8. The van der Waals surface area contributed by atoms with Crippen molar-refractivity contribution in [2.45, 2.75) is 58.3 Å². The van der Waals surface area contributed by atoms with Crippen molar-refractivity contribution < 1.29 is 22.3 Å². The molecule has 1 saturated heterocycles. The van der Waals surface area contributed by atoms with Crippen molar-refractivity contribution in [1.29, 1.82) is 0 Å². The van der Waals surface area contributed by atoms with E-state index in [1.165, 1.54) is 25.0 Å². The molecule has 3 aromatic rings. The number of hydrogen-bond donors (Lipinski definition) is 1. The van der Waals surface area contributed by atoms with Crippen LogP contribution in [0.3, 0.4) is 0 Å². The maximum atomic E-state index is 14.8. The molecule has 1 aliphatic carbocycles. The Bertz CT molecular complexity index is 1310. The van der Waals surface area contributed by atoms with E-state index in [0.29, 0.717) is 46.4 Å². The topological polar surface area (TPSA) is 50.3 Å². The van der Waals surface area contributed by atoms with E-state index in [2.05, 4.69) is 27.2 Å². The van der Waals surface area contributed by atoms with Crippen LogP contribution in [0.25, 0.3) is 10.9 Å². The van der Waals surface area contributed by atoms with Gasteiger partial charge in [-0.2, -0.15) is 13.2 Å². The molecule has 192 valence electrons. The average molecular weight is 503 g/mol. The minimum atomic E-state index is -4.77. The van der Waals surface area contributed by atoms with Crippen LogP contribution in [-0.4, -0.2) is 41.1 Å². The summed E-state index contributed by atoms with van der Waals surface area (Å²) in [6.07, 6.45) is -1.04. The second kappa shape index (κ2) is 8.87. The van der Waals surface area contributed by atoms with Crippen LogP contribution in [0.15, 0.2) is 30.3 Å². The number of benzene rings is 2. The monoisotopic (exact) mass is 502 g/mol. The van der Waals surface area contributed by atoms with Crippen LogP contribution in [0, 0.1) is 25.1 Å². The Morgan fingerprint density at radius 3 is 2.61 bits per heavy atom. The van der Waals surface area contributed by atoms with Crippen LogP contribution >= 0.6 is 0 Å². The molecule has 0 unspecified atom stereocenters. The van der Waals surface area contributed by atoms with Gasteiger partial charge in [-0.3, -0.25) is 4.90 Å². The van der Waals surface area contributed by atoms with E-state index < -0.39 is 23.6 Å². The van der Waals surface area contributed by atoms with Gasteiger partial charge in [-0.1, -0.05) is 12.1 Å². The molecule has 0 amide bonds. The molecule has 2 atom stereocenters. The van der Waals surface area contributed by atoms with Gasteiger partial charge in [0, 0.05) is 23.5 Å². The summed E-state index contributed by atoms with van der Waals surface area (Å²) in [4.78, 5) is 11.4. The van der Waals surface area contributed by atoms with Crippen molar-refractivity contribution >= 4 is 16.7 Å². The van der Waals surface area contributed by atoms with Gasteiger partial charge >= 0.3 is 6.18 Å². The Kier molecular flexibility index (Phi) is 6.09. The number of nitrogens with zero attached hydrogens (tertiary/aromatic N) is 3. The molecule has 1 aromatic heterocycles. The fourth-order valence-electron chi connectivity index (χ4n) is 5.32. The van der Waals surface area contributed by atoms with E-state index in [9.17, 15) is 17.6 Å². The maximum absolute atomic E-state index is 14.8. The molecule has 2 aliphatic rings. The molecule has 2 fully saturated rings. The second-order valence-corrected chi connectivity index (χ2v) is 10.4. The number of nitrogens with one attached hydrogen (secondary N) is 1. The number of anilines is 1. The van der Waals surface area contributed by atoms with Gasteiger partial charge in [-0.05, 0) is 76.3 Å². The van der Waals surface area contributed by atoms with E-state index in [1.807, 2.05) is 19.1 Å². The normalized spacial score (nSPS) is 20.2. The Morgan fingerprint density at radius 1 is 1.19 bits per heavy atom. The molecule has 1 N–H and O–H groups in total. The largest absolute Gasteiger partial charge is 0.492 e. The zero-order valence-corrected chi connectivity index (χ0v) is 20.8. The Balaban J connectivity index is 1.42. The minimum absolute atomic E-state index is 0.0869. The summed E-state index contributed by atoms with van der Waals surface area (Å²) in [5.74, 6) is 0.341. The SMILES string of the molecule is Cc1nc(N[C@H](C)c2cccc(C(F)(F)F)c2F)c2cc(OC[C@@H]3CC4(CC4)CN3C)c(C)cc2n1. The maximum Gasteiger partial charge on any atom is 0.419 e. The molecule has 1 saturated carbocycles. The molecule has 0 radical (unpaired) electrons. The van der Waals surface area contributed by atoms with Crippen molar-refractivity contribution in [3.63, 3.8) is 0 Å². The number of rotatable bonds is 6. The predicted molar refractivity (Wildman–Crippen MR) is 131 cm³/mol. The summed E-state index contributed by atoms with van der Waals surface area (Å²) in [6.45, 7) is 7.00. The lowest BCUT2D eigenvalue weighted by atomic mass is 10.0. The number of alkyl halides is 3. The highest BCUT2D eigenvalue weighted by Gasteiger charge is 2.50. The molecular formula is C27H30F4N4O. The first-order chi connectivity index (χ1) is 17.0. The van der Waals surface area contributed by atoms with E-state index in [1.54, 1.807) is 13.8 Å². The highest BCUT2D eigenvalue weighted by atomic mass is 19.4. The number of likely N-dealkylation sites (N-methyl/N-ethyl adjacent to an activating group) is 1. The van der Waals surface area contributed by atoms with Crippen LogP contribution in [0.5, 0.6) is 5.75 Å². The van der Waals surface area contributed by atoms with Crippen molar-refractivity contribution in [1.82, 2.24) is 14.9 Å². The zero-order chi connectivity index (χ0) is 25.8. The van der Waals surface area contributed by atoms with Crippen LogP contribution < -0.4 is 10.1 Å². The van der Waals surface area contributed by atoms with Gasteiger partial charge in [0.1, 0.15) is 29.8 Å². The Labute approximate surface area is 207 Å². The molecule has 1 aliphatic heterocycles. The Hall–Kier alpha value is -2.94. The predicted octanol–water partition coefficient (Wildman–Crippen LogP) is 6.44. The van der Waals surface area contributed by atoms with Gasteiger partial charge < -0.3 is 10.1 Å². The first kappa shape index (κ1) is 24.7. The van der Waals surface area contributed by atoms with Crippen LogP contribution in [0.2, 0.25) is 0 Å². The lowest BCUT2D eigenvalue weighted by Gasteiger charge is -2.21. The molecular weight excluding hydrogens is 472 g/mol. The smallest absolute Gasteiger partial charge is 0.419 e. The van der Waals surface area contributed by atoms with Gasteiger partial charge in [-0.25, -0.2) is 14.4 Å². The summed E-state index contributed by atoms with van der Waals surface area (Å²) in [5, 5.41) is 3.77. The van der Waals surface area contributed by atoms with Crippen molar-refractivity contribution in [3.8, 4) is 5.75 Å². The Morgan fingerprint density at radius 2 is 1.94 bits per heavy atom. The molecule has 36 heavy (non-hydrogen) atoms. The van der Waals surface area contributed by atoms with E-state index >= 15 is 0 Å². The number of aromatic nitrogens is 2. The second-order valence-electron chi connectivity index (χ2n) is 10.4. The van der Waals surface area contributed by atoms with Gasteiger partial charge in [0.25, 0.3) is 0 Å².